The number of carboxylic acid groups (broad SMARTS) is 1. The number of aliphatic carboxylic acids is 1. The second-order valence-electron chi connectivity index (χ2n) is 6.24. The molecule has 2 N–H and O–H groups in total. The number of aryl methyl sites for hydroxylation is 1. The Labute approximate surface area is 146 Å². The molecule has 128 valence electrons. The van der Waals surface area contributed by atoms with Crippen LogP contribution in [0.4, 0.5) is 0 Å². The molecule has 0 saturated heterocycles. The molecule has 1 heterocycles. The zero-order chi connectivity index (χ0) is 17.8. The third kappa shape index (κ3) is 3.74. The number of carboxylic acids is 1. The fourth-order valence-corrected chi connectivity index (χ4v) is 3.37. The Balaban J connectivity index is 0.000000150. The lowest BCUT2D eigenvalue weighted by atomic mass is 9.98. The quantitative estimate of drug-likeness (QED) is 0.876. The molecule has 1 aliphatic heterocycles. The van der Waals surface area contributed by atoms with Gasteiger partial charge >= 0.3 is 5.97 Å². The molecule has 0 bridgehead atoms. The Kier molecular flexibility index (Phi) is 4.90. The number of benzene rings is 2. The molecule has 2 aromatic carbocycles. The van der Waals surface area contributed by atoms with Crippen LogP contribution in [0, 0.1) is 11.3 Å². The zero-order valence-corrected chi connectivity index (χ0v) is 13.7. The van der Waals surface area contributed by atoms with E-state index < -0.39 is 5.97 Å². The van der Waals surface area contributed by atoms with Crippen molar-refractivity contribution in [2.45, 2.75) is 31.6 Å². The maximum Gasteiger partial charge on any atom is 0.304 e. The van der Waals surface area contributed by atoms with Crippen molar-refractivity contribution in [1.82, 2.24) is 0 Å². The lowest BCUT2D eigenvalue weighted by molar-refractivity contribution is -0.137. The van der Waals surface area contributed by atoms with Gasteiger partial charge in [0.05, 0.1) is 24.7 Å². The maximum absolute atomic E-state index is 10.5. The number of hydrogen-bond acceptors (Lipinski definition) is 4. The van der Waals surface area contributed by atoms with E-state index in [1.165, 1.54) is 23.6 Å². The molecule has 25 heavy (non-hydrogen) atoms. The van der Waals surface area contributed by atoms with Crippen molar-refractivity contribution in [1.29, 1.82) is 5.26 Å². The Morgan fingerprint density at radius 1 is 1.28 bits per heavy atom. The molecule has 5 nitrogen and oxygen atoms in total. The van der Waals surface area contributed by atoms with Gasteiger partial charge in [0.25, 0.3) is 0 Å². The molecule has 1 aliphatic carbocycles. The van der Waals surface area contributed by atoms with Crippen molar-refractivity contribution in [3.8, 4) is 17.6 Å². The number of phenolic OH excluding ortho intramolecular Hbond substituents is 1. The first-order valence-electron chi connectivity index (χ1n) is 8.27. The second kappa shape index (κ2) is 7.27. The second-order valence-corrected chi connectivity index (χ2v) is 6.24. The summed E-state index contributed by atoms with van der Waals surface area (Å²) in [6.45, 7) is 0.380. The first-order chi connectivity index (χ1) is 12.1. The fourth-order valence-electron chi connectivity index (χ4n) is 3.37. The van der Waals surface area contributed by atoms with E-state index in [9.17, 15) is 4.79 Å². The predicted molar refractivity (Wildman–Crippen MR) is 91.8 cm³/mol. The molecule has 0 amide bonds. The lowest BCUT2D eigenvalue weighted by Gasteiger charge is -2.03. The normalized spacial score (nSPS) is 16.7. The smallest absolute Gasteiger partial charge is 0.304 e. The van der Waals surface area contributed by atoms with Gasteiger partial charge in [0, 0.05) is 17.5 Å². The molecule has 4 rings (SSSR count). The van der Waals surface area contributed by atoms with Crippen LogP contribution >= 0.6 is 0 Å². The maximum atomic E-state index is 10.5. The van der Waals surface area contributed by atoms with Crippen LogP contribution in [0.3, 0.4) is 0 Å². The summed E-state index contributed by atoms with van der Waals surface area (Å²) in [6.07, 6.45) is 3.54. The average Bonchev–Trinajstić information content (AvgIpc) is 3.21. The van der Waals surface area contributed by atoms with Gasteiger partial charge in [0.1, 0.15) is 11.5 Å². The molecule has 2 aromatic rings. The number of hydrogen-bond donors (Lipinski definition) is 2. The van der Waals surface area contributed by atoms with Gasteiger partial charge in [0.15, 0.2) is 0 Å². The van der Waals surface area contributed by atoms with Crippen molar-refractivity contribution in [3.63, 3.8) is 0 Å². The van der Waals surface area contributed by atoms with Crippen molar-refractivity contribution in [2.24, 2.45) is 0 Å². The predicted octanol–water partition coefficient (Wildman–Crippen LogP) is 3.39. The number of ether oxygens (including phenoxy) is 1. The van der Waals surface area contributed by atoms with Crippen LogP contribution in [0.25, 0.3) is 0 Å². The van der Waals surface area contributed by atoms with E-state index in [0.717, 1.165) is 24.0 Å². The average molecular weight is 337 g/mol. The largest absolute Gasteiger partial charge is 0.508 e. The molecule has 0 fully saturated rings. The Morgan fingerprint density at radius 3 is 2.88 bits per heavy atom. The van der Waals surface area contributed by atoms with Crippen LogP contribution in [-0.4, -0.2) is 22.8 Å². The van der Waals surface area contributed by atoms with Crippen LogP contribution in [0.1, 0.15) is 41.0 Å². The number of phenols is 1. The van der Waals surface area contributed by atoms with Gasteiger partial charge in [0.2, 0.25) is 0 Å². The minimum atomic E-state index is -0.834. The number of rotatable bonds is 2. The van der Waals surface area contributed by atoms with E-state index in [1.54, 1.807) is 12.1 Å². The van der Waals surface area contributed by atoms with Gasteiger partial charge in [-0.3, -0.25) is 4.79 Å². The molecule has 1 atom stereocenters. The van der Waals surface area contributed by atoms with E-state index >= 15 is 0 Å². The van der Waals surface area contributed by atoms with E-state index in [1.807, 2.05) is 12.1 Å². The van der Waals surface area contributed by atoms with E-state index in [4.69, 9.17) is 20.2 Å². The fraction of sp³-hybridized carbons (Fsp3) is 0.300. The summed E-state index contributed by atoms with van der Waals surface area (Å²) in [5.41, 5.74) is 4.41. The first kappa shape index (κ1) is 16.8. The number of nitriles is 1. The van der Waals surface area contributed by atoms with Crippen LogP contribution in [0.5, 0.6) is 11.5 Å². The summed E-state index contributed by atoms with van der Waals surface area (Å²) < 4.78 is 5.27. The molecular formula is C20H19NO4. The summed E-state index contributed by atoms with van der Waals surface area (Å²) >= 11 is 0. The monoisotopic (exact) mass is 337 g/mol. The van der Waals surface area contributed by atoms with Gasteiger partial charge in [-0.15, -0.1) is 0 Å². The third-order valence-corrected chi connectivity index (χ3v) is 4.56. The molecule has 0 spiro atoms. The van der Waals surface area contributed by atoms with Crippen molar-refractivity contribution >= 4 is 5.97 Å². The zero-order valence-electron chi connectivity index (χ0n) is 13.7. The Morgan fingerprint density at radius 2 is 2.12 bits per heavy atom. The van der Waals surface area contributed by atoms with Gasteiger partial charge in [-0.2, -0.15) is 5.26 Å². The van der Waals surface area contributed by atoms with Gasteiger partial charge < -0.3 is 14.9 Å². The Hall–Kier alpha value is -3.00. The molecule has 0 aromatic heterocycles. The minimum Gasteiger partial charge on any atom is -0.508 e. The molecule has 5 heteroatoms. The van der Waals surface area contributed by atoms with Gasteiger partial charge in [-0.05, 0) is 42.5 Å². The summed E-state index contributed by atoms with van der Waals surface area (Å²) in [5.74, 6) is -0.196. The molecule has 2 aliphatic rings. The van der Waals surface area contributed by atoms with Gasteiger partial charge in [-0.25, -0.2) is 0 Å². The summed E-state index contributed by atoms with van der Waals surface area (Å²) in [4.78, 5) is 10.5. The highest BCUT2D eigenvalue weighted by Gasteiger charge is 2.26. The van der Waals surface area contributed by atoms with Crippen molar-refractivity contribution < 1.29 is 19.7 Å². The summed E-state index contributed by atoms with van der Waals surface area (Å²) in [7, 11) is 0. The minimum absolute atomic E-state index is 0.0672. The highest BCUT2D eigenvalue weighted by Crippen LogP contribution is 2.37. The van der Waals surface area contributed by atoms with Crippen LogP contribution in [0.2, 0.25) is 0 Å². The van der Waals surface area contributed by atoms with Crippen molar-refractivity contribution in [3.05, 3.63) is 58.7 Å². The summed E-state index contributed by atoms with van der Waals surface area (Å²) in [5, 5.41) is 26.6. The molecule has 0 saturated carbocycles. The van der Waals surface area contributed by atoms with Gasteiger partial charge in [-0.1, -0.05) is 18.2 Å². The van der Waals surface area contributed by atoms with Crippen LogP contribution in [-0.2, 0) is 17.6 Å². The standard InChI is InChI=1S/C10H9N.C10H10O4/c11-7-9-5-1-3-8-4-2-6-10(8)9;11-7-1-2-8-6(3-10(12)13)5-14-9(8)4-7/h1,3,5H,2,4,6H2;1-2,4,6,11H,3,5H2,(H,12,13). The number of fused-ring (bicyclic) bond motifs is 2. The lowest BCUT2D eigenvalue weighted by Crippen LogP contribution is -2.07. The number of aromatic hydroxyl groups is 1. The highest BCUT2D eigenvalue weighted by atomic mass is 16.5. The highest BCUT2D eigenvalue weighted by molar-refractivity contribution is 5.68. The van der Waals surface area contributed by atoms with E-state index in [0.29, 0.717) is 12.4 Å². The first-order valence-corrected chi connectivity index (χ1v) is 8.27. The molecule has 0 radical (unpaired) electrons. The van der Waals surface area contributed by atoms with E-state index in [-0.39, 0.29) is 18.1 Å². The van der Waals surface area contributed by atoms with Crippen LogP contribution < -0.4 is 4.74 Å². The topological polar surface area (TPSA) is 90.6 Å². The molecule has 1 unspecified atom stereocenters. The Bertz CT molecular complexity index is 838. The third-order valence-electron chi connectivity index (χ3n) is 4.56. The number of nitrogens with zero attached hydrogens (tertiary/aromatic N) is 1. The number of carbonyl (C=O) groups is 1. The van der Waals surface area contributed by atoms with Crippen LogP contribution in [0.15, 0.2) is 36.4 Å². The summed E-state index contributed by atoms with van der Waals surface area (Å²) in [6, 6.07) is 13.0. The van der Waals surface area contributed by atoms with E-state index in [2.05, 4.69) is 12.1 Å². The van der Waals surface area contributed by atoms with Crippen molar-refractivity contribution in [2.75, 3.05) is 6.61 Å². The SMILES string of the molecule is N#Cc1cccc2c1CCC2.O=C(O)CC1COc2cc(O)ccc21. The molecular weight excluding hydrogens is 318 g/mol.